The van der Waals surface area contributed by atoms with Gasteiger partial charge >= 0.3 is 0 Å². The normalized spacial score (nSPS) is 28.3. The maximum absolute atomic E-state index is 12.7. The van der Waals surface area contributed by atoms with Crippen LogP contribution < -0.4 is 0 Å². The van der Waals surface area contributed by atoms with Crippen LogP contribution >= 0.6 is 0 Å². The Kier molecular flexibility index (Phi) is 3.60. The van der Waals surface area contributed by atoms with E-state index in [0.29, 0.717) is 11.8 Å². The van der Waals surface area contributed by atoms with Crippen LogP contribution in [0.25, 0.3) is 5.57 Å². The summed E-state index contributed by atoms with van der Waals surface area (Å²) in [5.74, 6) is 1.11. The molecule has 126 valence electrons. The lowest BCUT2D eigenvalue weighted by Gasteiger charge is -2.32. The van der Waals surface area contributed by atoms with E-state index < -0.39 is 0 Å². The number of benzene rings is 2. The Labute approximate surface area is 154 Å². The summed E-state index contributed by atoms with van der Waals surface area (Å²) in [6, 6.07) is 21.1. The van der Waals surface area contributed by atoms with E-state index in [1.165, 1.54) is 22.3 Å². The highest BCUT2D eigenvalue weighted by Gasteiger charge is 2.43. The van der Waals surface area contributed by atoms with E-state index in [-0.39, 0.29) is 17.6 Å². The third-order valence-electron chi connectivity index (χ3n) is 5.87. The second kappa shape index (κ2) is 6.10. The fourth-order valence-electron chi connectivity index (χ4n) is 4.69. The smallest absolute Gasteiger partial charge is 0.162 e. The van der Waals surface area contributed by atoms with Crippen molar-refractivity contribution in [2.75, 3.05) is 0 Å². The highest BCUT2D eigenvalue weighted by atomic mass is 16.1. The molecule has 4 aliphatic carbocycles. The zero-order chi connectivity index (χ0) is 17.5. The molecule has 0 N–H and O–H groups in total. The molecule has 2 aromatic carbocycles. The molecule has 6 rings (SSSR count). The second-order valence-electron chi connectivity index (χ2n) is 7.27. The minimum Gasteiger partial charge on any atom is -0.294 e. The maximum atomic E-state index is 12.7. The number of rotatable bonds is 2. The number of allylic oxidation sites excluding steroid dienone is 7. The Hall–Kier alpha value is -2.93. The quantitative estimate of drug-likeness (QED) is 0.686. The summed E-state index contributed by atoms with van der Waals surface area (Å²) in [7, 11) is 0. The van der Waals surface area contributed by atoms with Gasteiger partial charge in [-0.1, -0.05) is 91.0 Å². The molecule has 1 heteroatoms. The molecule has 0 amide bonds. The number of hydrogen-bond donors (Lipinski definition) is 0. The van der Waals surface area contributed by atoms with Crippen molar-refractivity contribution in [1.29, 1.82) is 0 Å². The van der Waals surface area contributed by atoms with Crippen molar-refractivity contribution >= 4 is 11.4 Å². The van der Waals surface area contributed by atoms with Crippen molar-refractivity contribution < 1.29 is 4.79 Å². The molecule has 0 saturated carbocycles. The standard InChI is InChI=1S/C25H20O/c26-23-16-12-17-11-13-21(23)25-20(17)14-15-22(25)24(18-7-3-1-4-8-18)19-9-5-2-6-10-19/h1-17,20-21,25H/t17-,20-,21+,25-/m1/s1. The molecule has 0 spiro atoms. The van der Waals surface area contributed by atoms with Crippen LogP contribution in [0.4, 0.5) is 0 Å². The van der Waals surface area contributed by atoms with Crippen LogP contribution in [-0.4, -0.2) is 5.78 Å². The van der Waals surface area contributed by atoms with Gasteiger partial charge in [0.1, 0.15) is 0 Å². The zero-order valence-electron chi connectivity index (χ0n) is 14.5. The predicted octanol–water partition coefficient (Wildman–Crippen LogP) is 5.23. The van der Waals surface area contributed by atoms with Gasteiger partial charge in [-0.25, -0.2) is 0 Å². The Morgan fingerprint density at radius 1 is 0.692 bits per heavy atom. The van der Waals surface area contributed by atoms with Crippen molar-refractivity contribution in [2.24, 2.45) is 23.7 Å². The van der Waals surface area contributed by atoms with Crippen molar-refractivity contribution in [3.63, 3.8) is 0 Å². The molecule has 26 heavy (non-hydrogen) atoms. The SMILES string of the molecule is O=C1C=C[C@H]2C=C[C@@H]1[C@@H]1C(=C(c3ccccc3)c3ccccc3)C=C[C@H]21. The van der Waals surface area contributed by atoms with Gasteiger partial charge < -0.3 is 0 Å². The van der Waals surface area contributed by atoms with E-state index in [9.17, 15) is 4.79 Å². The van der Waals surface area contributed by atoms with Gasteiger partial charge in [0.25, 0.3) is 0 Å². The number of ketones is 1. The average Bonchev–Trinajstić information content (AvgIpc) is 2.98. The van der Waals surface area contributed by atoms with E-state index in [4.69, 9.17) is 0 Å². The minimum absolute atomic E-state index is 0.0533. The Balaban J connectivity index is 1.74. The van der Waals surface area contributed by atoms with Crippen LogP contribution in [-0.2, 0) is 4.79 Å². The topological polar surface area (TPSA) is 17.1 Å². The zero-order valence-corrected chi connectivity index (χ0v) is 14.5. The monoisotopic (exact) mass is 336 g/mol. The molecular weight excluding hydrogens is 316 g/mol. The molecule has 2 bridgehead atoms. The molecule has 0 aromatic heterocycles. The lowest BCUT2D eigenvalue weighted by atomic mass is 9.70. The third-order valence-corrected chi connectivity index (χ3v) is 5.87. The molecule has 4 aliphatic rings. The molecule has 1 nitrogen and oxygen atoms in total. The first-order valence-electron chi connectivity index (χ1n) is 9.26. The summed E-state index contributed by atoms with van der Waals surface area (Å²) in [6.07, 6.45) is 12.8. The maximum Gasteiger partial charge on any atom is 0.162 e. The summed E-state index contributed by atoms with van der Waals surface area (Å²) in [6.45, 7) is 0. The average molecular weight is 336 g/mol. The van der Waals surface area contributed by atoms with Gasteiger partial charge in [0.05, 0.1) is 0 Å². The van der Waals surface area contributed by atoms with Gasteiger partial charge in [-0.2, -0.15) is 0 Å². The molecule has 0 aliphatic heterocycles. The van der Waals surface area contributed by atoms with Crippen LogP contribution in [0, 0.1) is 23.7 Å². The highest BCUT2D eigenvalue weighted by Crippen LogP contribution is 2.50. The molecule has 4 atom stereocenters. The Morgan fingerprint density at radius 2 is 1.35 bits per heavy atom. The first kappa shape index (κ1) is 15.3. The van der Waals surface area contributed by atoms with Gasteiger partial charge in [0, 0.05) is 17.8 Å². The number of carbonyl (C=O) groups is 1. The van der Waals surface area contributed by atoms with Crippen LogP contribution in [0.5, 0.6) is 0 Å². The summed E-state index contributed by atoms with van der Waals surface area (Å²) < 4.78 is 0. The van der Waals surface area contributed by atoms with E-state index in [1.807, 2.05) is 12.1 Å². The largest absolute Gasteiger partial charge is 0.294 e. The van der Waals surface area contributed by atoms with Crippen LogP contribution in [0.15, 0.2) is 103 Å². The summed E-state index contributed by atoms with van der Waals surface area (Å²) in [5.41, 5.74) is 4.97. The predicted molar refractivity (Wildman–Crippen MR) is 105 cm³/mol. The third kappa shape index (κ3) is 2.35. The number of hydrogen-bond acceptors (Lipinski definition) is 1. The van der Waals surface area contributed by atoms with Crippen molar-refractivity contribution in [3.05, 3.63) is 114 Å². The number of carbonyl (C=O) groups excluding carboxylic acids is 1. The van der Waals surface area contributed by atoms with Crippen molar-refractivity contribution in [1.82, 2.24) is 0 Å². The molecule has 2 aromatic rings. The minimum atomic E-state index is -0.0533. The Bertz CT molecular complexity index is 918. The van der Waals surface area contributed by atoms with Crippen molar-refractivity contribution in [3.8, 4) is 0 Å². The summed E-state index contributed by atoms with van der Waals surface area (Å²) in [4.78, 5) is 12.7. The lowest BCUT2D eigenvalue weighted by molar-refractivity contribution is -0.118. The van der Waals surface area contributed by atoms with E-state index in [2.05, 4.69) is 78.9 Å². The molecule has 0 saturated heterocycles. The number of fused-ring (bicyclic) bond motifs is 1. The second-order valence-corrected chi connectivity index (χ2v) is 7.27. The van der Waals surface area contributed by atoms with Gasteiger partial charge in [-0.3, -0.25) is 4.79 Å². The molecule has 0 fully saturated rings. The Morgan fingerprint density at radius 3 is 2.00 bits per heavy atom. The van der Waals surface area contributed by atoms with E-state index >= 15 is 0 Å². The fraction of sp³-hybridized carbons (Fsp3) is 0.160. The van der Waals surface area contributed by atoms with E-state index in [0.717, 1.165) is 0 Å². The highest BCUT2D eigenvalue weighted by molar-refractivity contribution is 5.96. The lowest BCUT2D eigenvalue weighted by Crippen LogP contribution is -2.30. The first-order valence-corrected chi connectivity index (χ1v) is 9.26. The fourth-order valence-corrected chi connectivity index (χ4v) is 4.69. The van der Waals surface area contributed by atoms with Gasteiger partial charge in [0.2, 0.25) is 0 Å². The van der Waals surface area contributed by atoms with Crippen LogP contribution in [0.3, 0.4) is 0 Å². The van der Waals surface area contributed by atoms with Crippen LogP contribution in [0.2, 0.25) is 0 Å². The molecule has 0 unspecified atom stereocenters. The molecule has 0 radical (unpaired) electrons. The van der Waals surface area contributed by atoms with Crippen LogP contribution in [0.1, 0.15) is 11.1 Å². The van der Waals surface area contributed by atoms with Gasteiger partial charge in [0.15, 0.2) is 5.78 Å². The summed E-state index contributed by atoms with van der Waals surface area (Å²) >= 11 is 0. The van der Waals surface area contributed by atoms with Gasteiger partial charge in [-0.05, 0) is 34.3 Å². The molecule has 0 heterocycles. The molecular formula is C25H20O. The summed E-state index contributed by atoms with van der Waals surface area (Å²) in [5, 5.41) is 0. The van der Waals surface area contributed by atoms with E-state index in [1.54, 1.807) is 6.08 Å². The van der Waals surface area contributed by atoms with Crippen molar-refractivity contribution in [2.45, 2.75) is 0 Å². The first-order chi connectivity index (χ1) is 12.8. The van der Waals surface area contributed by atoms with Gasteiger partial charge in [-0.15, -0.1) is 0 Å².